The molecule has 0 radical (unpaired) electrons. The van der Waals surface area contributed by atoms with Gasteiger partial charge in [-0.25, -0.2) is 4.98 Å². The number of aryl methyl sites for hydroxylation is 1. The summed E-state index contributed by atoms with van der Waals surface area (Å²) in [5.74, 6) is 1.48. The number of hydrogen-bond acceptors (Lipinski definition) is 5. The fourth-order valence-corrected chi connectivity index (χ4v) is 6.86. The first-order valence-electron chi connectivity index (χ1n) is 10.1. The number of primary amides is 1. The lowest BCUT2D eigenvalue weighted by molar-refractivity contribution is 0.100. The third-order valence-corrected chi connectivity index (χ3v) is 8.79. The second-order valence-electron chi connectivity index (χ2n) is 8.10. The number of rotatable bonds is 4. The van der Waals surface area contributed by atoms with Crippen LogP contribution < -0.4 is 5.73 Å². The van der Waals surface area contributed by atoms with Crippen molar-refractivity contribution in [2.75, 3.05) is 11.5 Å². The molecule has 1 saturated heterocycles. The fourth-order valence-electron chi connectivity index (χ4n) is 4.38. The van der Waals surface area contributed by atoms with E-state index in [0.29, 0.717) is 29.9 Å². The molecule has 1 fully saturated rings. The number of amides is 1. The molecule has 4 aromatic rings. The zero-order valence-corrected chi connectivity index (χ0v) is 18.7. The fraction of sp³-hybridized carbons (Fsp3) is 0.273. The van der Waals surface area contributed by atoms with E-state index in [0.717, 1.165) is 38.3 Å². The van der Waals surface area contributed by atoms with Gasteiger partial charge in [-0.05, 0) is 59.0 Å². The van der Waals surface area contributed by atoms with E-state index in [1.54, 1.807) is 17.5 Å². The minimum Gasteiger partial charge on any atom is -0.366 e. The average molecular weight is 457 g/mol. The van der Waals surface area contributed by atoms with Crippen molar-refractivity contribution < 1.29 is 13.9 Å². The molecule has 0 bridgehead atoms. The van der Waals surface area contributed by atoms with Crippen LogP contribution >= 0.6 is 21.9 Å². The van der Waals surface area contributed by atoms with E-state index in [1.165, 1.54) is 0 Å². The Bertz CT molecular complexity index is 1280. The van der Waals surface area contributed by atoms with Gasteiger partial charge >= 0.3 is 0 Å². The molecule has 1 aliphatic heterocycles. The predicted molar refractivity (Wildman–Crippen MR) is 127 cm³/mol. The summed E-state index contributed by atoms with van der Waals surface area (Å²) in [5, 5.41) is 3.04. The predicted octanol–water partition coefficient (Wildman–Crippen LogP) is 5.02. The van der Waals surface area contributed by atoms with Crippen LogP contribution in [0.4, 0.5) is 0 Å². The van der Waals surface area contributed by atoms with E-state index in [1.807, 2.05) is 30.1 Å². The molecule has 9 heteroatoms. The van der Waals surface area contributed by atoms with Gasteiger partial charge in [0.25, 0.3) is 5.91 Å². The third kappa shape index (κ3) is 3.67. The molecule has 4 heterocycles. The summed E-state index contributed by atoms with van der Waals surface area (Å²) in [5.41, 5.74) is 9.97. The van der Waals surface area contributed by atoms with Gasteiger partial charge in [0.05, 0.1) is 16.0 Å². The number of H-pyrrole nitrogens is 1. The topological polar surface area (TPSA) is 117 Å². The van der Waals surface area contributed by atoms with Gasteiger partial charge in [0.1, 0.15) is 5.82 Å². The highest BCUT2D eigenvalue weighted by atomic mass is 32.3. The van der Waals surface area contributed by atoms with Crippen molar-refractivity contribution in [3.05, 3.63) is 53.3 Å². The van der Waals surface area contributed by atoms with Crippen molar-refractivity contribution in [3.63, 3.8) is 0 Å². The number of fused-ring (bicyclic) bond motifs is 1. The van der Waals surface area contributed by atoms with Crippen LogP contribution in [0.1, 0.15) is 34.7 Å². The minimum atomic E-state index is -2.45. The monoisotopic (exact) mass is 456 g/mol. The number of imidazole rings is 1. The SMILES string of the molecule is Cn1ccnc1-c1cc(-c2cc(C(N)=O)c3[nH]cc(C4CCS(O)(O)CC4)c3c2)cs1. The van der Waals surface area contributed by atoms with Crippen LogP contribution in [0.5, 0.6) is 0 Å². The Balaban J connectivity index is 1.59. The molecule has 0 saturated carbocycles. The Hall–Kier alpha value is -2.59. The molecule has 1 amide bonds. The van der Waals surface area contributed by atoms with Gasteiger partial charge in [-0.15, -0.1) is 11.3 Å². The molecule has 162 valence electrons. The van der Waals surface area contributed by atoms with Gasteiger partial charge in [-0.3, -0.25) is 13.9 Å². The van der Waals surface area contributed by atoms with Crippen molar-refractivity contribution in [3.8, 4) is 21.8 Å². The van der Waals surface area contributed by atoms with Crippen molar-refractivity contribution in [2.24, 2.45) is 12.8 Å². The second-order valence-corrected chi connectivity index (χ2v) is 11.4. The number of nitrogens with zero attached hydrogens (tertiary/aromatic N) is 2. The molecule has 31 heavy (non-hydrogen) atoms. The molecule has 1 aromatic carbocycles. The van der Waals surface area contributed by atoms with Gasteiger partial charge in [-0.2, -0.15) is 10.6 Å². The number of aromatic amines is 1. The maximum atomic E-state index is 12.2. The molecule has 0 unspecified atom stereocenters. The first-order chi connectivity index (χ1) is 14.8. The Morgan fingerprint density at radius 2 is 2.03 bits per heavy atom. The minimum absolute atomic E-state index is 0.218. The molecule has 5 rings (SSSR count). The number of carbonyl (C=O) groups is 1. The van der Waals surface area contributed by atoms with Crippen molar-refractivity contribution in [1.29, 1.82) is 0 Å². The normalized spacial score (nSPS) is 17.8. The quantitative estimate of drug-likeness (QED) is 0.345. The molecule has 0 aliphatic carbocycles. The molecule has 0 atom stereocenters. The van der Waals surface area contributed by atoms with Crippen LogP contribution in [0.25, 0.3) is 32.7 Å². The van der Waals surface area contributed by atoms with E-state index in [2.05, 4.69) is 27.5 Å². The van der Waals surface area contributed by atoms with Crippen LogP contribution in [0.15, 0.2) is 42.2 Å². The molecule has 0 spiro atoms. The number of benzene rings is 1. The van der Waals surface area contributed by atoms with Gasteiger partial charge in [0.15, 0.2) is 0 Å². The molecular weight excluding hydrogens is 432 g/mol. The zero-order chi connectivity index (χ0) is 21.8. The summed E-state index contributed by atoms with van der Waals surface area (Å²) in [6.45, 7) is 0. The zero-order valence-electron chi connectivity index (χ0n) is 17.0. The van der Waals surface area contributed by atoms with Crippen molar-refractivity contribution in [2.45, 2.75) is 18.8 Å². The van der Waals surface area contributed by atoms with E-state index in [4.69, 9.17) is 5.73 Å². The summed E-state index contributed by atoms with van der Waals surface area (Å²) >= 11 is 1.61. The lowest BCUT2D eigenvalue weighted by Crippen LogP contribution is -2.19. The lowest BCUT2D eigenvalue weighted by atomic mass is 9.91. The number of thiophene rings is 1. The van der Waals surface area contributed by atoms with Gasteiger partial charge < -0.3 is 15.3 Å². The van der Waals surface area contributed by atoms with Gasteiger partial charge in [-0.1, -0.05) is 0 Å². The third-order valence-electron chi connectivity index (χ3n) is 6.09. The summed E-state index contributed by atoms with van der Waals surface area (Å²) in [7, 11) is -0.483. The van der Waals surface area contributed by atoms with Crippen LogP contribution in [-0.2, 0) is 7.05 Å². The van der Waals surface area contributed by atoms with Crippen LogP contribution in [-0.4, -0.2) is 41.1 Å². The van der Waals surface area contributed by atoms with E-state index < -0.39 is 16.5 Å². The Labute approximate surface area is 185 Å². The first-order valence-corrected chi connectivity index (χ1v) is 12.8. The maximum Gasteiger partial charge on any atom is 0.250 e. The lowest BCUT2D eigenvalue weighted by Gasteiger charge is -2.39. The number of aromatic nitrogens is 3. The first kappa shape index (κ1) is 20.3. The summed E-state index contributed by atoms with van der Waals surface area (Å²) < 4.78 is 21.9. The van der Waals surface area contributed by atoms with Crippen LogP contribution in [0.3, 0.4) is 0 Å². The maximum absolute atomic E-state index is 12.2. The van der Waals surface area contributed by atoms with Crippen molar-refractivity contribution >= 4 is 38.7 Å². The number of nitrogens with two attached hydrogens (primary N) is 1. The molecule has 5 N–H and O–H groups in total. The van der Waals surface area contributed by atoms with Crippen LogP contribution in [0, 0.1) is 0 Å². The highest BCUT2D eigenvalue weighted by molar-refractivity contribution is 8.24. The highest BCUT2D eigenvalue weighted by Gasteiger charge is 2.27. The Kier molecular flexibility index (Phi) is 4.93. The van der Waals surface area contributed by atoms with Gasteiger partial charge in [0, 0.05) is 42.5 Å². The standard InChI is InChI=1S/C22H24N4O3S2/c1-26-5-4-24-22(26)19-10-15(12-30-19)14-8-16-18(13-2-6-31(28,29)7-3-13)11-25-20(16)17(9-14)21(23)27/h4-5,8-13,25,28-29H,2-3,6-7H2,1H3,(H2,23,27). The smallest absolute Gasteiger partial charge is 0.250 e. The van der Waals surface area contributed by atoms with E-state index >= 15 is 0 Å². The molecular formula is C22H24N4O3S2. The number of carbonyl (C=O) groups excluding carboxylic acids is 1. The van der Waals surface area contributed by atoms with E-state index in [-0.39, 0.29) is 5.92 Å². The largest absolute Gasteiger partial charge is 0.366 e. The van der Waals surface area contributed by atoms with Crippen LogP contribution in [0.2, 0.25) is 0 Å². The highest BCUT2D eigenvalue weighted by Crippen LogP contribution is 2.49. The Morgan fingerprint density at radius 3 is 2.71 bits per heavy atom. The number of hydrogen-bond donors (Lipinski definition) is 4. The Morgan fingerprint density at radius 1 is 1.26 bits per heavy atom. The second kappa shape index (κ2) is 7.52. The molecule has 7 nitrogen and oxygen atoms in total. The van der Waals surface area contributed by atoms with Crippen molar-refractivity contribution in [1.82, 2.24) is 14.5 Å². The van der Waals surface area contributed by atoms with Gasteiger partial charge in [0.2, 0.25) is 0 Å². The number of nitrogens with one attached hydrogen (secondary N) is 1. The summed E-state index contributed by atoms with van der Waals surface area (Å²) in [6.07, 6.45) is 7.06. The average Bonchev–Trinajstić information content (AvgIpc) is 3.46. The summed E-state index contributed by atoms with van der Waals surface area (Å²) in [6, 6.07) is 6.03. The van der Waals surface area contributed by atoms with E-state index in [9.17, 15) is 13.9 Å². The summed E-state index contributed by atoms with van der Waals surface area (Å²) in [4.78, 5) is 20.9. The molecule has 1 aliphatic rings. The molecule has 3 aromatic heterocycles.